The van der Waals surface area contributed by atoms with Crippen molar-refractivity contribution in [2.75, 3.05) is 13.2 Å². The van der Waals surface area contributed by atoms with Crippen LogP contribution in [-0.2, 0) is 5.41 Å². The molecule has 11 rings (SSSR count). The molecule has 0 spiro atoms. The topological polar surface area (TPSA) is 18.5 Å². The molecule has 0 saturated heterocycles. The second-order valence-electron chi connectivity index (χ2n) is 18.5. The largest absolute Gasteiger partial charge is 0.524 e. The van der Waals surface area contributed by atoms with E-state index in [1.54, 1.807) is 0 Å². The second-order valence-corrected chi connectivity index (χ2v) is 18.5. The van der Waals surface area contributed by atoms with Crippen molar-refractivity contribution in [2.24, 2.45) is 5.92 Å². The Morgan fingerprint density at radius 1 is 0.424 bits per heavy atom. The molecule has 2 nitrogen and oxygen atoms in total. The SMILES string of the molecule is [CH2-]COc1c(-c2ccc3ccccc3c2)cc(C(C)(C)c2cc(-c3ccc4ccccc4c3)c(OCCC3CCC3)c(-c3ccc4ccccc4c3)c2)cc1-c1ccc2ccccc2c1.[Ho]. The summed E-state index contributed by atoms with van der Waals surface area (Å²) >= 11 is 0. The molecule has 0 bridgehead atoms. The Morgan fingerprint density at radius 2 is 0.742 bits per heavy atom. The van der Waals surface area contributed by atoms with Crippen molar-refractivity contribution in [1.29, 1.82) is 0 Å². The van der Waals surface area contributed by atoms with Gasteiger partial charge in [-0.3, -0.25) is 0 Å². The number of hydrogen-bond acceptors (Lipinski definition) is 2. The summed E-state index contributed by atoms with van der Waals surface area (Å²) in [4.78, 5) is 0. The zero-order valence-corrected chi connectivity index (χ0v) is 39.6. The standard InChI is InChI=1S/C63H53O2.Ho/c1-4-64-61-57(51-28-24-43-16-5-9-20-47(43)34-51)38-55(39-58(61)52-29-25-44-17-6-10-21-48(44)35-52)63(2,3)56-40-59(53-30-26-45-18-7-11-22-49(45)36-53)62(65-33-32-42-14-13-15-42)60(41-56)54-31-27-46-19-8-12-23-50(46)37-54;/h5-12,16-31,34-42H,1,4,13-15,32-33H2,2-3H3;/q-1;. The average molecular weight is 1010 g/mol. The van der Waals surface area contributed by atoms with Crippen molar-refractivity contribution in [3.8, 4) is 56.0 Å². The fourth-order valence-electron chi connectivity index (χ4n) is 9.95. The van der Waals surface area contributed by atoms with Gasteiger partial charge < -0.3 is 16.4 Å². The molecule has 0 aliphatic heterocycles. The van der Waals surface area contributed by atoms with Crippen LogP contribution in [0.3, 0.4) is 0 Å². The monoisotopic (exact) mass is 1010 g/mol. The van der Waals surface area contributed by atoms with Crippen LogP contribution in [0.4, 0.5) is 0 Å². The molecule has 0 aromatic heterocycles. The molecule has 1 aliphatic carbocycles. The maximum absolute atomic E-state index is 7.13. The minimum absolute atomic E-state index is 0. The predicted octanol–water partition coefficient (Wildman–Crippen LogP) is 17.1. The van der Waals surface area contributed by atoms with Crippen LogP contribution in [0.25, 0.3) is 87.6 Å². The molecule has 10 aromatic carbocycles. The number of ether oxygens (including phenoxy) is 2. The van der Waals surface area contributed by atoms with Crippen molar-refractivity contribution in [1.82, 2.24) is 0 Å². The van der Waals surface area contributed by atoms with Gasteiger partial charge in [-0.05, 0) is 144 Å². The molecule has 0 heterocycles. The molecule has 0 atom stereocenters. The first kappa shape index (κ1) is 44.0. The first-order chi connectivity index (χ1) is 31.9. The van der Waals surface area contributed by atoms with Crippen LogP contribution in [0, 0.1) is 50.6 Å². The zero-order valence-electron chi connectivity index (χ0n) is 37.6. The van der Waals surface area contributed by atoms with Gasteiger partial charge in [0.2, 0.25) is 0 Å². The van der Waals surface area contributed by atoms with Gasteiger partial charge in [0, 0.05) is 65.4 Å². The van der Waals surface area contributed by atoms with Gasteiger partial charge in [0.25, 0.3) is 0 Å². The molecule has 1 radical (unpaired) electrons. The maximum Gasteiger partial charge on any atom is 0.134 e. The van der Waals surface area contributed by atoms with Gasteiger partial charge in [-0.1, -0.05) is 179 Å². The Hall–Kier alpha value is -5.90. The van der Waals surface area contributed by atoms with Crippen molar-refractivity contribution >= 4 is 43.1 Å². The normalized spacial score (nSPS) is 12.9. The Kier molecular flexibility index (Phi) is 12.5. The Labute approximate surface area is 419 Å². The summed E-state index contributed by atoms with van der Waals surface area (Å²) in [5.41, 5.74) is 10.7. The Bertz CT molecular complexity index is 3190. The third-order valence-electron chi connectivity index (χ3n) is 14.1. The molecule has 0 amide bonds. The molecule has 66 heavy (non-hydrogen) atoms. The summed E-state index contributed by atoms with van der Waals surface area (Å²) in [6, 6.07) is 71.3. The van der Waals surface area contributed by atoms with E-state index in [1.807, 2.05) is 0 Å². The first-order valence-electron chi connectivity index (χ1n) is 23.3. The molecule has 0 unspecified atom stereocenters. The molecule has 0 N–H and O–H groups in total. The van der Waals surface area contributed by atoms with Crippen molar-refractivity contribution < 1.29 is 47.2 Å². The zero-order chi connectivity index (χ0) is 43.9. The van der Waals surface area contributed by atoms with Crippen LogP contribution in [0.5, 0.6) is 11.5 Å². The van der Waals surface area contributed by atoms with E-state index in [4.69, 9.17) is 9.47 Å². The summed E-state index contributed by atoms with van der Waals surface area (Å²) in [6.07, 6.45) is 4.99. The van der Waals surface area contributed by atoms with Gasteiger partial charge >= 0.3 is 0 Å². The van der Waals surface area contributed by atoms with E-state index < -0.39 is 5.41 Å². The van der Waals surface area contributed by atoms with Gasteiger partial charge in [0.05, 0.1) is 6.61 Å². The van der Waals surface area contributed by atoms with Crippen LogP contribution in [0.2, 0.25) is 0 Å². The van der Waals surface area contributed by atoms with E-state index in [2.05, 4.69) is 215 Å². The van der Waals surface area contributed by atoms with Crippen molar-refractivity contribution in [2.45, 2.75) is 44.9 Å². The number of hydrogen-bond donors (Lipinski definition) is 0. The van der Waals surface area contributed by atoms with Gasteiger partial charge in [-0.2, -0.15) is 0 Å². The van der Waals surface area contributed by atoms with Crippen molar-refractivity contribution in [3.63, 3.8) is 0 Å². The second kappa shape index (κ2) is 18.8. The summed E-state index contributed by atoms with van der Waals surface area (Å²) in [5.74, 6) is 2.53. The molecular formula is C63H53HoO2-. The quantitative estimate of drug-likeness (QED) is 0.0897. The van der Waals surface area contributed by atoms with Crippen molar-refractivity contribution in [3.05, 3.63) is 212 Å². The average Bonchev–Trinajstić information content (AvgIpc) is 3.34. The number of benzene rings is 10. The van der Waals surface area contributed by atoms with E-state index in [1.165, 1.54) is 73.5 Å². The number of fused-ring (bicyclic) bond motifs is 4. The summed E-state index contributed by atoms with van der Waals surface area (Å²) < 4.78 is 13.8. The third kappa shape index (κ3) is 8.52. The predicted molar refractivity (Wildman–Crippen MR) is 275 cm³/mol. The van der Waals surface area contributed by atoms with Crippen LogP contribution < -0.4 is 9.47 Å². The molecule has 1 aliphatic rings. The minimum atomic E-state index is -0.484. The minimum Gasteiger partial charge on any atom is -0.524 e. The van der Waals surface area contributed by atoms with E-state index in [-0.39, 0.29) is 37.7 Å². The first-order valence-corrected chi connectivity index (χ1v) is 23.3. The summed E-state index contributed by atoms with van der Waals surface area (Å²) in [6.45, 7) is 9.93. The fraction of sp³-hybridized carbons (Fsp3) is 0.159. The van der Waals surface area contributed by atoms with Crippen LogP contribution in [0.1, 0.15) is 50.7 Å². The van der Waals surface area contributed by atoms with Gasteiger partial charge in [-0.25, -0.2) is 0 Å². The van der Waals surface area contributed by atoms with E-state index in [0.717, 1.165) is 68.3 Å². The molecule has 1 saturated carbocycles. The molecule has 1 fully saturated rings. The summed E-state index contributed by atoms with van der Waals surface area (Å²) in [7, 11) is 0. The van der Waals surface area contributed by atoms with Gasteiger partial charge in [-0.15, -0.1) is 0 Å². The number of rotatable bonds is 12. The van der Waals surface area contributed by atoms with E-state index in [0.29, 0.717) is 13.2 Å². The maximum atomic E-state index is 7.13. The summed E-state index contributed by atoms with van der Waals surface area (Å²) in [5, 5.41) is 9.67. The third-order valence-corrected chi connectivity index (χ3v) is 14.1. The van der Waals surface area contributed by atoms with E-state index in [9.17, 15) is 0 Å². The molecule has 329 valence electrons. The van der Waals surface area contributed by atoms with E-state index >= 15 is 0 Å². The van der Waals surface area contributed by atoms with Crippen LogP contribution >= 0.6 is 0 Å². The molecule has 10 aromatic rings. The van der Waals surface area contributed by atoms with Crippen LogP contribution in [0.15, 0.2) is 194 Å². The smallest absolute Gasteiger partial charge is 0.134 e. The molecular weight excluding hydrogens is 954 g/mol. The van der Waals surface area contributed by atoms with Crippen LogP contribution in [-0.4, -0.2) is 13.2 Å². The molecule has 3 heteroatoms. The Morgan fingerprint density at radius 3 is 1.05 bits per heavy atom. The van der Waals surface area contributed by atoms with Gasteiger partial charge in [0.1, 0.15) is 11.5 Å². The van der Waals surface area contributed by atoms with Gasteiger partial charge in [0.15, 0.2) is 0 Å². The fourth-order valence-corrected chi connectivity index (χ4v) is 9.95. The Balaban J connectivity index is 0.00000511.